The zero-order chi connectivity index (χ0) is 17.9. The van der Waals surface area contributed by atoms with Gasteiger partial charge in [-0.1, -0.05) is 30.3 Å². The Morgan fingerprint density at radius 3 is 2.65 bits per heavy atom. The number of rotatable bonds is 5. The van der Waals surface area contributed by atoms with Gasteiger partial charge in [0.25, 0.3) is 0 Å². The van der Waals surface area contributed by atoms with Crippen LogP contribution < -0.4 is 5.73 Å². The summed E-state index contributed by atoms with van der Waals surface area (Å²) in [6.45, 7) is 2.49. The molecule has 5 nitrogen and oxygen atoms in total. The highest BCUT2D eigenvalue weighted by molar-refractivity contribution is 5.76. The molecule has 5 heteroatoms. The molecule has 1 aliphatic rings. The first-order valence-corrected chi connectivity index (χ1v) is 9.10. The Kier molecular flexibility index (Phi) is 4.71. The molecular weight excluding hydrogens is 326 g/mol. The predicted molar refractivity (Wildman–Crippen MR) is 100 cm³/mol. The topological polar surface area (TPSA) is 72.4 Å². The maximum atomic E-state index is 11.3. The van der Waals surface area contributed by atoms with Crippen LogP contribution in [0.25, 0.3) is 11.1 Å². The third-order valence-electron chi connectivity index (χ3n) is 5.10. The molecule has 0 spiro atoms. The van der Waals surface area contributed by atoms with E-state index in [9.17, 15) is 4.79 Å². The molecule has 0 bridgehead atoms. The minimum atomic E-state index is -0.177. The van der Waals surface area contributed by atoms with Crippen LogP contribution in [0.15, 0.2) is 53.1 Å². The van der Waals surface area contributed by atoms with Gasteiger partial charge in [-0.15, -0.1) is 0 Å². The van der Waals surface area contributed by atoms with E-state index in [1.54, 1.807) is 0 Å². The number of pyridine rings is 1. The second kappa shape index (κ2) is 7.30. The van der Waals surface area contributed by atoms with Crippen LogP contribution in [-0.4, -0.2) is 28.9 Å². The maximum absolute atomic E-state index is 11.3. The lowest BCUT2D eigenvalue weighted by molar-refractivity contribution is -0.123. The Labute approximate surface area is 152 Å². The van der Waals surface area contributed by atoms with Crippen LogP contribution in [0.2, 0.25) is 0 Å². The smallest absolute Gasteiger partial charge is 0.226 e. The number of fused-ring (bicyclic) bond motifs is 1. The lowest BCUT2D eigenvalue weighted by Gasteiger charge is -2.29. The lowest BCUT2D eigenvalue weighted by Crippen LogP contribution is -2.38. The fraction of sp³-hybridized carbons (Fsp3) is 0.333. The Hall–Kier alpha value is -2.66. The third-order valence-corrected chi connectivity index (χ3v) is 5.10. The molecule has 0 atom stereocenters. The number of hydrogen-bond acceptors (Lipinski definition) is 4. The van der Waals surface area contributed by atoms with E-state index >= 15 is 0 Å². The zero-order valence-corrected chi connectivity index (χ0v) is 14.7. The molecular formula is C21H23N3O2. The largest absolute Gasteiger partial charge is 0.441 e. The number of likely N-dealkylation sites (tertiary alicyclic amines) is 1. The normalized spacial score (nSPS) is 16.2. The number of aromatic nitrogens is 1. The molecule has 0 unspecified atom stereocenters. The highest BCUT2D eigenvalue weighted by atomic mass is 16.3. The second-order valence-corrected chi connectivity index (χ2v) is 7.07. The van der Waals surface area contributed by atoms with Crippen LogP contribution in [0.5, 0.6) is 0 Å². The number of nitrogens with two attached hydrogens (primary N) is 1. The minimum absolute atomic E-state index is 0.0177. The van der Waals surface area contributed by atoms with Crippen molar-refractivity contribution in [2.75, 3.05) is 13.1 Å². The van der Waals surface area contributed by atoms with Crippen LogP contribution in [0, 0.1) is 5.92 Å². The van der Waals surface area contributed by atoms with Crippen molar-refractivity contribution < 1.29 is 9.21 Å². The summed E-state index contributed by atoms with van der Waals surface area (Å²) in [5, 5.41) is 1.04. The van der Waals surface area contributed by atoms with Gasteiger partial charge in [-0.05, 0) is 55.6 Å². The molecule has 0 radical (unpaired) electrons. The molecule has 3 aromatic rings. The van der Waals surface area contributed by atoms with Gasteiger partial charge in [-0.25, -0.2) is 4.98 Å². The van der Waals surface area contributed by atoms with Gasteiger partial charge >= 0.3 is 0 Å². The summed E-state index contributed by atoms with van der Waals surface area (Å²) in [6.07, 6.45) is 4.41. The van der Waals surface area contributed by atoms with Crippen LogP contribution >= 0.6 is 0 Å². The van der Waals surface area contributed by atoms with Gasteiger partial charge in [-0.2, -0.15) is 0 Å². The van der Waals surface area contributed by atoms with E-state index in [0.29, 0.717) is 5.71 Å². The summed E-state index contributed by atoms with van der Waals surface area (Å²) in [4.78, 5) is 18.1. The van der Waals surface area contributed by atoms with Crippen molar-refractivity contribution in [2.24, 2.45) is 11.7 Å². The molecule has 1 aliphatic heterocycles. The molecule has 3 heterocycles. The third kappa shape index (κ3) is 3.78. The molecule has 1 fully saturated rings. The predicted octanol–water partition coefficient (Wildman–Crippen LogP) is 3.12. The van der Waals surface area contributed by atoms with Crippen molar-refractivity contribution in [1.82, 2.24) is 9.88 Å². The molecule has 1 amide bonds. The molecule has 1 aromatic carbocycles. The van der Waals surface area contributed by atoms with Crippen LogP contribution in [-0.2, 0) is 17.8 Å². The molecule has 0 aliphatic carbocycles. The summed E-state index contributed by atoms with van der Waals surface area (Å²) in [5.74, 6) is 0.759. The fourth-order valence-electron chi connectivity index (χ4n) is 3.63. The number of benzene rings is 1. The number of carbonyl (C=O) groups excluding carboxylic acids is 1. The molecule has 2 N–H and O–H groups in total. The number of hydrogen-bond donors (Lipinski definition) is 1. The molecule has 26 heavy (non-hydrogen) atoms. The van der Waals surface area contributed by atoms with E-state index in [2.05, 4.69) is 46.3 Å². The summed E-state index contributed by atoms with van der Waals surface area (Å²) in [6, 6.07) is 14.6. The Bertz CT molecular complexity index is 896. The van der Waals surface area contributed by atoms with Gasteiger partial charge in [0.05, 0.1) is 6.54 Å². The number of amides is 1. The van der Waals surface area contributed by atoms with Crippen molar-refractivity contribution in [3.05, 3.63) is 65.5 Å². The lowest BCUT2D eigenvalue weighted by atomic mass is 9.96. The Morgan fingerprint density at radius 2 is 1.92 bits per heavy atom. The molecule has 134 valence electrons. The van der Waals surface area contributed by atoms with E-state index in [-0.39, 0.29) is 11.8 Å². The fourth-order valence-corrected chi connectivity index (χ4v) is 3.63. The first-order chi connectivity index (χ1) is 12.7. The van der Waals surface area contributed by atoms with E-state index in [1.165, 1.54) is 11.1 Å². The summed E-state index contributed by atoms with van der Waals surface area (Å²) in [7, 11) is 0. The monoisotopic (exact) mass is 349 g/mol. The quantitative estimate of drug-likeness (QED) is 0.768. The molecule has 4 rings (SSSR count). The average Bonchev–Trinajstić information content (AvgIpc) is 3.04. The van der Waals surface area contributed by atoms with Crippen molar-refractivity contribution in [3.63, 3.8) is 0 Å². The Balaban J connectivity index is 1.44. The van der Waals surface area contributed by atoms with Gasteiger partial charge < -0.3 is 10.2 Å². The number of nitrogens with zero attached hydrogens (tertiary/aromatic N) is 2. The first kappa shape index (κ1) is 16.8. The van der Waals surface area contributed by atoms with E-state index < -0.39 is 0 Å². The van der Waals surface area contributed by atoms with Gasteiger partial charge in [0, 0.05) is 17.5 Å². The van der Waals surface area contributed by atoms with Crippen LogP contribution in [0.3, 0.4) is 0 Å². The van der Waals surface area contributed by atoms with Crippen LogP contribution in [0.1, 0.15) is 29.7 Å². The number of primary amides is 1. The number of piperidine rings is 1. The molecule has 1 saturated heterocycles. The van der Waals surface area contributed by atoms with Gasteiger partial charge in [0.2, 0.25) is 11.6 Å². The maximum Gasteiger partial charge on any atom is 0.226 e. The van der Waals surface area contributed by atoms with Gasteiger partial charge in [0.1, 0.15) is 5.76 Å². The van der Waals surface area contributed by atoms with E-state index in [1.807, 2.05) is 12.3 Å². The minimum Gasteiger partial charge on any atom is -0.441 e. The van der Waals surface area contributed by atoms with Crippen molar-refractivity contribution in [1.29, 1.82) is 0 Å². The molecule has 2 aromatic heterocycles. The van der Waals surface area contributed by atoms with Crippen molar-refractivity contribution in [3.8, 4) is 0 Å². The van der Waals surface area contributed by atoms with Crippen molar-refractivity contribution in [2.45, 2.75) is 25.8 Å². The highest BCUT2D eigenvalue weighted by Crippen LogP contribution is 2.23. The number of furan rings is 1. The highest BCUT2D eigenvalue weighted by Gasteiger charge is 2.23. The zero-order valence-electron chi connectivity index (χ0n) is 14.7. The Morgan fingerprint density at radius 1 is 1.15 bits per heavy atom. The van der Waals surface area contributed by atoms with Crippen molar-refractivity contribution >= 4 is 17.0 Å². The van der Waals surface area contributed by atoms with Gasteiger partial charge in [-0.3, -0.25) is 9.69 Å². The summed E-state index contributed by atoms with van der Waals surface area (Å²) in [5.41, 5.74) is 8.54. The molecule has 0 saturated carbocycles. The summed E-state index contributed by atoms with van der Waals surface area (Å²) >= 11 is 0. The van der Waals surface area contributed by atoms with E-state index in [0.717, 1.165) is 50.0 Å². The SMILES string of the molecule is NC(=O)C1CCN(Cc2cc3cc(Cc4ccccc4)cnc3o2)CC1. The van der Waals surface area contributed by atoms with Crippen LogP contribution in [0.4, 0.5) is 0 Å². The second-order valence-electron chi connectivity index (χ2n) is 7.07. The van der Waals surface area contributed by atoms with Gasteiger partial charge in [0.15, 0.2) is 0 Å². The van der Waals surface area contributed by atoms with E-state index in [4.69, 9.17) is 10.2 Å². The number of carbonyl (C=O) groups is 1. The standard InChI is InChI=1S/C21H23N3O2/c22-20(25)17-6-8-24(9-7-17)14-19-12-18-11-16(13-23-21(18)26-19)10-15-4-2-1-3-5-15/h1-5,11-13,17H,6-10,14H2,(H2,22,25). The average molecular weight is 349 g/mol. The summed E-state index contributed by atoms with van der Waals surface area (Å²) < 4.78 is 5.91. The first-order valence-electron chi connectivity index (χ1n) is 9.10.